The summed E-state index contributed by atoms with van der Waals surface area (Å²) in [6.07, 6.45) is 2.08. The third kappa shape index (κ3) is 1.67. The second-order valence-corrected chi connectivity index (χ2v) is 4.43. The molecule has 0 aliphatic heterocycles. The van der Waals surface area contributed by atoms with E-state index in [1.54, 1.807) is 6.07 Å². The van der Waals surface area contributed by atoms with Crippen LogP contribution in [0.25, 0.3) is 5.69 Å². The summed E-state index contributed by atoms with van der Waals surface area (Å²) in [7, 11) is 0. The molecule has 1 aromatic heterocycles. The largest absolute Gasteiger partial charge is 0.347 e. The molecule has 1 heterocycles. The number of hydrogen-bond acceptors (Lipinski definition) is 2. The maximum Gasteiger partial charge on any atom is 0.347 e. The first-order valence-electron chi connectivity index (χ1n) is 5.60. The first-order chi connectivity index (χ1) is 8.16. The first-order valence-corrected chi connectivity index (χ1v) is 5.60. The molecular weight excluding hydrogens is 221 g/mol. The molecule has 1 fully saturated rings. The van der Waals surface area contributed by atoms with E-state index in [0.717, 1.165) is 18.4 Å². The summed E-state index contributed by atoms with van der Waals surface area (Å²) in [5, 5.41) is 6.47. The van der Waals surface area contributed by atoms with Gasteiger partial charge >= 0.3 is 5.69 Å². The van der Waals surface area contributed by atoms with E-state index in [1.807, 2.05) is 6.92 Å². The van der Waals surface area contributed by atoms with Crippen molar-refractivity contribution in [1.29, 1.82) is 0 Å². The fraction of sp³-hybridized carbons (Fsp3) is 0.333. The number of hydrogen-bond donors (Lipinski definition) is 1. The minimum absolute atomic E-state index is 0.305. The van der Waals surface area contributed by atoms with Gasteiger partial charge in [-0.1, -0.05) is 6.07 Å². The van der Waals surface area contributed by atoms with Crippen molar-refractivity contribution in [1.82, 2.24) is 14.8 Å². The van der Waals surface area contributed by atoms with Crippen molar-refractivity contribution in [2.45, 2.75) is 25.7 Å². The Balaban J connectivity index is 2.23. The topological polar surface area (TPSA) is 50.7 Å². The van der Waals surface area contributed by atoms with E-state index in [2.05, 4.69) is 10.2 Å². The van der Waals surface area contributed by atoms with Crippen molar-refractivity contribution in [3.63, 3.8) is 0 Å². The predicted molar refractivity (Wildman–Crippen MR) is 60.9 cm³/mol. The maximum absolute atomic E-state index is 13.3. The van der Waals surface area contributed by atoms with Gasteiger partial charge in [0.25, 0.3) is 0 Å². The Bertz CT molecular complexity index is 625. The molecule has 1 aliphatic carbocycles. The van der Waals surface area contributed by atoms with E-state index < -0.39 is 0 Å². The average Bonchev–Trinajstić information content (AvgIpc) is 3.07. The van der Waals surface area contributed by atoms with E-state index >= 15 is 0 Å². The zero-order chi connectivity index (χ0) is 12.0. The molecule has 0 radical (unpaired) electrons. The van der Waals surface area contributed by atoms with Gasteiger partial charge < -0.3 is 0 Å². The van der Waals surface area contributed by atoms with Crippen LogP contribution in [0.1, 0.15) is 30.1 Å². The van der Waals surface area contributed by atoms with Crippen LogP contribution in [-0.2, 0) is 0 Å². The molecule has 1 saturated carbocycles. The van der Waals surface area contributed by atoms with Crippen molar-refractivity contribution in [3.05, 3.63) is 45.9 Å². The van der Waals surface area contributed by atoms with Gasteiger partial charge in [0.15, 0.2) is 0 Å². The molecule has 0 spiro atoms. The molecule has 0 atom stereocenters. The van der Waals surface area contributed by atoms with E-state index in [1.165, 1.54) is 16.7 Å². The van der Waals surface area contributed by atoms with E-state index in [-0.39, 0.29) is 11.5 Å². The molecule has 17 heavy (non-hydrogen) atoms. The van der Waals surface area contributed by atoms with Gasteiger partial charge in [-0.15, -0.1) is 0 Å². The Morgan fingerprint density at radius 1 is 1.47 bits per heavy atom. The highest BCUT2D eigenvalue weighted by molar-refractivity contribution is 5.41. The maximum atomic E-state index is 13.3. The predicted octanol–water partition coefficient (Wildman–Crippen LogP) is 1.89. The fourth-order valence-electron chi connectivity index (χ4n) is 1.98. The Hall–Kier alpha value is -1.91. The fourth-order valence-corrected chi connectivity index (χ4v) is 1.98. The summed E-state index contributed by atoms with van der Waals surface area (Å²) in [4.78, 5) is 11.8. The summed E-state index contributed by atoms with van der Waals surface area (Å²) >= 11 is 0. The number of aromatic amines is 1. The molecule has 4 nitrogen and oxygen atoms in total. The van der Waals surface area contributed by atoms with Gasteiger partial charge in [-0.3, -0.25) is 0 Å². The highest BCUT2D eigenvalue weighted by atomic mass is 19.1. The van der Waals surface area contributed by atoms with Crippen LogP contribution in [0.5, 0.6) is 0 Å². The van der Waals surface area contributed by atoms with Crippen molar-refractivity contribution in [2.75, 3.05) is 0 Å². The number of halogens is 1. The first kappa shape index (κ1) is 10.3. The lowest BCUT2D eigenvalue weighted by molar-refractivity contribution is 0.625. The molecule has 0 amide bonds. The smallest absolute Gasteiger partial charge is 0.246 e. The van der Waals surface area contributed by atoms with Crippen molar-refractivity contribution in [2.24, 2.45) is 0 Å². The number of nitrogens with one attached hydrogen (secondary N) is 1. The van der Waals surface area contributed by atoms with Crippen LogP contribution >= 0.6 is 0 Å². The number of aromatic nitrogens is 3. The second kappa shape index (κ2) is 3.55. The summed E-state index contributed by atoms with van der Waals surface area (Å²) in [6.45, 7) is 1.85. The van der Waals surface area contributed by atoms with E-state index in [4.69, 9.17) is 0 Å². The Kier molecular flexibility index (Phi) is 2.14. The number of rotatable bonds is 2. The molecule has 0 unspecified atom stereocenters. The number of benzene rings is 1. The summed E-state index contributed by atoms with van der Waals surface area (Å²) in [5.74, 6) is 0.695. The lowest BCUT2D eigenvalue weighted by Gasteiger charge is -2.08. The van der Waals surface area contributed by atoms with Crippen LogP contribution in [-0.4, -0.2) is 14.8 Å². The Morgan fingerprint density at radius 3 is 2.94 bits per heavy atom. The Morgan fingerprint density at radius 2 is 2.24 bits per heavy atom. The van der Waals surface area contributed by atoms with Crippen LogP contribution in [0.2, 0.25) is 0 Å². The molecule has 1 aliphatic rings. The molecule has 5 heteroatoms. The van der Waals surface area contributed by atoms with Crippen molar-refractivity contribution >= 4 is 0 Å². The zero-order valence-electron chi connectivity index (χ0n) is 9.40. The molecule has 1 aromatic carbocycles. The van der Waals surface area contributed by atoms with E-state index in [0.29, 0.717) is 17.4 Å². The standard InChI is InChI=1S/C12H12FN3O/c1-7-2-5-9(13)6-10(7)16-11(8-3-4-8)14-15-12(16)17/h2,5-6,8H,3-4H2,1H3,(H,15,17). The second-order valence-electron chi connectivity index (χ2n) is 4.43. The van der Waals surface area contributed by atoms with E-state index in [9.17, 15) is 9.18 Å². The molecule has 1 N–H and O–H groups in total. The summed E-state index contributed by atoms with van der Waals surface area (Å²) < 4.78 is 14.8. The number of H-pyrrole nitrogens is 1. The van der Waals surface area contributed by atoms with Gasteiger partial charge in [0.05, 0.1) is 5.69 Å². The van der Waals surface area contributed by atoms with Gasteiger partial charge in [-0.2, -0.15) is 5.10 Å². The SMILES string of the molecule is Cc1ccc(F)cc1-n1c(C2CC2)n[nH]c1=O. The third-order valence-corrected chi connectivity index (χ3v) is 3.05. The molecule has 88 valence electrons. The summed E-state index contributed by atoms with van der Waals surface area (Å²) in [6, 6.07) is 4.43. The van der Waals surface area contributed by atoms with Gasteiger partial charge in [-0.25, -0.2) is 18.9 Å². The Labute approximate surface area is 97.1 Å². The lowest BCUT2D eigenvalue weighted by Crippen LogP contribution is -2.17. The highest BCUT2D eigenvalue weighted by Gasteiger charge is 2.30. The lowest BCUT2D eigenvalue weighted by atomic mass is 10.2. The molecule has 0 saturated heterocycles. The summed E-state index contributed by atoms with van der Waals surface area (Å²) in [5.41, 5.74) is 1.13. The van der Waals surface area contributed by atoms with Crippen LogP contribution < -0.4 is 5.69 Å². The quantitative estimate of drug-likeness (QED) is 0.861. The molecule has 2 aromatic rings. The molecule has 0 bridgehead atoms. The number of nitrogens with zero attached hydrogens (tertiary/aromatic N) is 2. The van der Waals surface area contributed by atoms with Gasteiger partial charge in [0, 0.05) is 5.92 Å². The minimum atomic E-state index is -0.347. The number of aryl methyl sites for hydroxylation is 1. The van der Waals surface area contributed by atoms with Gasteiger partial charge in [0.2, 0.25) is 0 Å². The van der Waals surface area contributed by atoms with Crippen LogP contribution in [0.3, 0.4) is 0 Å². The molecular formula is C12H12FN3O. The van der Waals surface area contributed by atoms with Crippen LogP contribution in [0.4, 0.5) is 4.39 Å². The zero-order valence-corrected chi connectivity index (χ0v) is 9.40. The van der Waals surface area contributed by atoms with Gasteiger partial charge in [-0.05, 0) is 37.5 Å². The molecule has 3 rings (SSSR count). The third-order valence-electron chi connectivity index (χ3n) is 3.05. The normalized spacial score (nSPS) is 15.2. The monoisotopic (exact) mass is 233 g/mol. The van der Waals surface area contributed by atoms with Crippen molar-refractivity contribution in [3.8, 4) is 5.69 Å². The minimum Gasteiger partial charge on any atom is -0.246 e. The van der Waals surface area contributed by atoms with Crippen molar-refractivity contribution < 1.29 is 4.39 Å². The van der Waals surface area contributed by atoms with Crippen LogP contribution in [0.15, 0.2) is 23.0 Å². The highest BCUT2D eigenvalue weighted by Crippen LogP contribution is 2.39. The average molecular weight is 233 g/mol. The van der Waals surface area contributed by atoms with Gasteiger partial charge in [0.1, 0.15) is 11.6 Å². The van der Waals surface area contributed by atoms with Crippen LogP contribution in [0, 0.1) is 12.7 Å².